The lowest BCUT2D eigenvalue weighted by atomic mass is 10.1. The first kappa shape index (κ1) is 15.5. The number of hydrogen-bond acceptors (Lipinski definition) is 3. The number of carbonyl (C=O) groups is 1. The molecule has 116 valence electrons. The summed E-state index contributed by atoms with van der Waals surface area (Å²) in [4.78, 5) is 12.1. The molecule has 0 fully saturated rings. The molecular weight excluding hydrogens is 356 g/mol. The maximum absolute atomic E-state index is 12.1. The van der Waals surface area contributed by atoms with Crippen LogP contribution < -0.4 is 5.32 Å². The van der Waals surface area contributed by atoms with E-state index in [-0.39, 0.29) is 11.7 Å². The number of rotatable bonds is 5. The lowest BCUT2D eigenvalue weighted by Gasteiger charge is -2.05. The highest BCUT2D eigenvalue weighted by Gasteiger charge is 2.13. The first-order chi connectivity index (χ1) is 11.2. The standard InChI is InChI=1S/C18H15BrN2O2/c19-15-9-5-4-6-13(15)10-11-20-18(22)17-12-16(21-23-17)14-7-2-1-3-8-14/h1-9,12H,10-11H2,(H,20,22). The fourth-order valence-corrected chi connectivity index (χ4v) is 2.71. The number of amides is 1. The Labute approximate surface area is 142 Å². The summed E-state index contributed by atoms with van der Waals surface area (Å²) >= 11 is 3.50. The smallest absolute Gasteiger partial charge is 0.289 e. The Kier molecular flexibility index (Phi) is 4.88. The molecule has 1 aromatic heterocycles. The van der Waals surface area contributed by atoms with Crippen molar-refractivity contribution in [2.24, 2.45) is 0 Å². The summed E-state index contributed by atoms with van der Waals surface area (Å²) in [6, 6.07) is 19.2. The van der Waals surface area contributed by atoms with Gasteiger partial charge in [0.15, 0.2) is 0 Å². The minimum absolute atomic E-state index is 0.219. The summed E-state index contributed by atoms with van der Waals surface area (Å²) < 4.78 is 6.18. The Morgan fingerprint density at radius 3 is 2.61 bits per heavy atom. The van der Waals surface area contributed by atoms with Crippen LogP contribution in [0.3, 0.4) is 0 Å². The molecule has 23 heavy (non-hydrogen) atoms. The Balaban J connectivity index is 1.59. The molecule has 0 radical (unpaired) electrons. The van der Waals surface area contributed by atoms with Crippen LogP contribution >= 0.6 is 15.9 Å². The van der Waals surface area contributed by atoms with Gasteiger partial charge < -0.3 is 9.84 Å². The van der Waals surface area contributed by atoms with Crippen LogP contribution in [0.25, 0.3) is 11.3 Å². The molecular formula is C18H15BrN2O2. The quantitative estimate of drug-likeness (QED) is 0.736. The maximum Gasteiger partial charge on any atom is 0.289 e. The van der Waals surface area contributed by atoms with Crippen LogP contribution in [0.2, 0.25) is 0 Å². The molecule has 0 saturated heterocycles. The van der Waals surface area contributed by atoms with Gasteiger partial charge in [0.25, 0.3) is 5.91 Å². The zero-order valence-corrected chi connectivity index (χ0v) is 13.9. The molecule has 3 aromatic rings. The van der Waals surface area contributed by atoms with Crippen molar-refractivity contribution in [2.75, 3.05) is 6.54 Å². The number of aromatic nitrogens is 1. The molecule has 1 N–H and O–H groups in total. The van der Waals surface area contributed by atoms with E-state index in [0.29, 0.717) is 12.2 Å². The van der Waals surface area contributed by atoms with Gasteiger partial charge in [0.2, 0.25) is 5.76 Å². The van der Waals surface area contributed by atoms with Gasteiger partial charge in [-0.25, -0.2) is 0 Å². The maximum atomic E-state index is 12.1. The van der Waals surface area contributed by atoms with Crippen LogP contribution in [0.5, 0.6) is 0 Å². The van der Waals surface area contributed by atoms with Crippen LogP contribution in [-0.2, 0) is 6.42 Å². The van der Waals surface area contributed by atoms with Gasteiger partial charge in [-0.3, -0.25) is 4.79 Å². The van der Waals surface area contributed by atoms with E-state index in [2.05, 4.69) is 26.4 Å². The monoisotopic (exact) mass is 370 g/mol. The number of benzene rings is 2. The van der Waals surface area contributed by atoms with Crippen molar-refractivity contribution in [3.05, 3.63) is 76.5 Å². The van der Waals surface area contributed by atoms with Crippen molar-refractivity contribution >= 4 is 21.8 Å². The first-order valence-electron chi connectivity index (χ1n) is 7.28. The molecule has 1 heterocycles. The Morgan fingerprint density at radius 1 is 1.09 bits per heavy atom. The van der Waals surface area contributed by atoms with E-state index in [1.54, 1.807) is 6.07 Å². The zero-order chi connectivity index (χ0) is 16.1. The second kappa shape index (κ2) is 7.24. The zero-order valence-electron chi connectivity index (χ0n) is 12.3. The molecule has 1 amide bonds. The molecule has 0 aliphatic carbocycles. The van der Waals surface area contributed by atoms with Gasteiger partial charge in [-0.2, -0.15) is 0 Å². The van der Waals surface area contributed by atoms with E-state index in [1.807, 2.05) is 54.6 Å². The van der Waals surface area contributed by atoms with Crippen LogP contribution in [-0.4, -0.2) is 17.6 Å². The first-order valence-corrected chi connectivity index (χ1v) is 8.07. The van der Waals surface area contributed by atoms with Crippen molar-refractivity contribution in [1.82, 2.24) is 10.5 Å². The Hall–Kier alpha value is -2.40. The molecule has 0 atom stereocenters. The minimum atomic E-state index is -0.258. The van der Waals surface area contributed by atoms with E-state index in [4.69, 9.17) is 4.52 Å². The fourth-order valence-electron chi connectivity index (χ4n) is 2.23. The van der Waals surface area contributed by atoms with Crippen molar-refractivity contribution in [3.63, 3.8) is 0 Å². The molecule has 4 nitrogen and oxygen atoms in total. The second-order valence-electron chi connectivity index (χ2n) is 5.04. The topological polar surface area (TPSA) is 55.1 Å². The number of nitrogens with one attached hydrogen (secondary N) is 1. The number of nitrogens with zero attached hydrogens (tertiary/aromatic N) is 1. The Morgan fingerprint density at radius 2 is 1.83 bits per heavy atom. The predicted octanol–water partition coefficient (Wildman–Crippen LogP) is 4.08. The molecule has 3 rings (SSSR count). The van der Waals surface area contributed by atoms with Gasteiger partial charge in [0.05, 0.1) is 0 Å². The summed E-state index contributed by atoms with van der Waals surface area (Å²) in [5, 5.41) is 6.79. The summed E-state index contributed by atoms with van der Waals surface area (Å²) in [6.45, 7) is 0.531. The van der Waals surface area contributed by atoms with Crippen molar-refractivity contribution in [2.45, 2.75) is 6.42 Å². The SMILES string of the molecule is O=C(NCCc1ccccc1Br)c1cc(-c2ccccc2)no1. The van der Waals surface area contributed by atoms with Crippen LogP contribution in [0, 0.1) is 0 Å². The largest absolute Gasteiger partial charge is 0.350 e. The third-order valence-corrected chi connectivity index (χ3v) is 4.21. The van der Waals surface area contributed by atoms with E-state index in [9.17, 15) is 4.79 Å². The molecule has 0 aliphatic heterocycles. The van der Waals surface area contributed by atoms with Crippen molar-refractivity contribution in [1.29, 1.82) is 0 Å². The number of hydrogen-bond donors (Lipinski definition) is 1. The number of halogens is 1. The van der Waals surface area contributed by atoms with Crippen LogP contribution in [0.1, 0.15) is 16.1 Å². The summed E-state index contributed by atoms with van der Waals surface area (Å²) in [5.41, 5.74) is 2.72. The second-order valence-corrected chi connectivity index (χ2v) is 5.89. The molecule has 0 aliphatic rings. The lowest BCUT2D eigenvalue weighted by molar-refractivity contribution is 0.0917. The normalized spacial score (nSPS) is 10.5. The summed E-state index contributed by atoms with van der Waals surface area (Å²) in [5.74, 6) is -0.0392. The van der Waals surface area contributed by atoms with E-state index in [0.717, 1.165) is 22.0 Å². The van der Waals surface area contributed by atoms with Gasteiger partial charge in [-0.1, -0.05) is 69.6 Å². The number of carbonyl (C=O) groups excluding carboxylic acids is 1. The third kappa shape index (κ3) is 3.87. The van der Waals surface area contributed by atoms with Crippen LogP contribution in [0.15, 0.2) is 69.7 Å². The molecule has 0 spiro atoms. The highest BCUT2D eigenvalue weighted by atomic mass is 79.9. The fraction of sp³-hybridized carbons (Fsp3) is 0.111. The van der Waals surface area contributed by atoms with Gasteiger partial charge in [0, 0.05) is 22.6 Å². The highest BCUT2D eigenvalue weighted by Crippen LogP contribution is 2.19. The van der Waals surface area contributed by atoms with Gasteiger partial charge in [-0.15, -0.1) is 0 Å². The molecule has 0 unspecified atom stereocenters. The van der Waals surface area contributed by atoms with Gasteiger partial charge in [-0.05, 0) is 18.1 Å². The Bertz CT molecular complexity index is 800. The summed E-state index contributed by atoms with van der Waals surface area (Å²) in [6.07, 6.45) is 0.743. The molecule has 0 bridgehead atoms. The average Bonchev–Trinajstić information content (AvgIpc) is 3.07. The molecule has 0 saturated carbocycles. The highest BCUT2D eigenvalue weighted by molar-refractivity contribution is 9.10. The van der Waals surface area contributed by atoms with Crippen molar-refractivity contribution < 1.29 is 9.32 Å². The predicted molar refractivity (Wildman–Crippen MR) is 92.1 cm³/mol. The van der Waals surface area contributed by atoms with Crippen LogP contribution in [0.4, 0.5) is 0 Å². The summed E-state index contributed by atoms with van der Waals surface area (Å²) in [7, 11) is 0. The average molecular weight is 371 g/mol. The third-order valence-electron chi connectivity index (χ3n) is 3.44. The van der Waals surface area contributed by atoms with E-state index < -0.39 is 0 Å². The molecule has 5 heteroatoms. The van der Waals surface area contributed by atoms with Gasteiger partial charge >= 0.3 is 0 Å². The van der Waals surface area contributed by atoms with Gasteiger partial charge in [0.1, 0.15) is 5.69 Å². The lowest BCUT2D eigenvalue weighted by Crippen LogP contribution is -2.25. The van der Waals surface area contributed by atoms with Crippen molar-refractivity contribution in [3.8, 4) is 11.3 Å². The van der Waals surface area contributed by atoms with E-state index in [1.165, 1.54) is 0 Å². The minimum Gasteiger partial charge on any atom is -0.350 e. The van der Waals surface area contributed by atoms with E-state index >= 15 is 0 Å². The molecule has 2 aromatic carbocycles.